The highest BCUT2D eigenvalue weighted by molar-refractivity contribution is 5.96. The molecule has 1 saturated carbocycles. The Kier molecular flexibility index (Phi) is 5.85. The standard InChI is InChI=1S/C25H26F2N4O2/c1-30-24-19-12-18(26)8-9-22(19)33-15-20(24)23(29-30)25(32)31(11-10-28-13-16-6-7-16)14-17-4-2-3-5-21(17)27/h2-5,8-9,12,16,28H,6-7,10-11,13-15H2,1H3. The molecule has 0 bridgehead atoms. The largest absolute Gasteiger partial charge is 0.488 e. The van der Waals surface area contributed by atoms with Crippen molar-refractivity contribution in [3.63, 3.8) is 0 Å². The van der Waals surface area contributed by atoms with Crippen LogP contribution in [0.3, 0.4) is 0 Å². The van der Waals surface area contributed by atoms with Crippen LogP contribution < -0.4 is 10.1 Å². The van der Waals surface area contributed by atoms with Gasteiger partial charge >= 0.3 is 0 Å². The fraction of sp³-hybridized carbons (Fsp3) is 0.360. The molecule has 3 aromatic rings. The third kappa shape index (κ3) is 4.48. The summed E-state index contributed by atoms with van der Waals surface area (Å²) < 4.78 is 35.7. The Balaban J connectivity index is 1.43. The van der Waals surface area contributed by atoms with Gasteiger partial charge < -0.3 is 15.0 Å². The quantitative estimate of drug-likeness (QED) is 0.527. The molecule has 1 aromatic heterocycles. The van der Waals surface area contributed by atoms with Gasteiger partial charge in [-0.05, 0) is 49.6 Å². The van der Waals surface area contributed by atoms with Crippen LogP contribution in [0.4, 0.5) is 8.78 Å². The van der Waals surface area contributed by atoms with E-state index in [0.29, 0.717) is 41.2 Å². The molecule has 1 aliphatic carbocycles. The van der Waals surface area contributed by atoms with Crippen LogP contribution in [0.25, 0.3) is 11.3 Å². The number of carbonyl (C=O) groups excluding carboxylic acids is 1. The van der Waals surface area contributed by atoms with E-state index in [9.17, 15) is 13.6 Å². The summed E-state index contributed by atoms with van der Waals surface area (Å²) in [5, 5.41) is 7.87. The molecular formula is C25H26F2N4O2. The Morgan fingerprint density at radius 3 is 2.85 bits per heavy atom. The van der Waals surface area contributed by atoms with Gasteiger partial charge in [0, 0.05) is 43.4 Å². The second-order valence-corrected chi connectivity index (χ2v) is 8.69. The van der Waals surface area contributed by atoms with Crippen molar-refractivity contribution in [3.8, 4) is 17.0 Å². The van der Waals surface area contributed by atoms with Crippen molar-refractivity contribution in [2.75, 3.05) is 19.6 Å². The molecule has 2 aromatic carbocycles. The number of fused-ring (bicyclic) bond motifs is 3. The van der Waals surface area contributed by atoms with Crippen molar-refractivity contribution in [2.24, 2.45) is 13.0 Å². The summed E-state index contributed by atoms with van der Waals surface area (Å²) in [4.78, 5) is 15.2. The lowest BCUT2D eigenvalue weighted by atomic mass is 10.0. The molecule has 33 heavy (non-hydrogen) atoms. The van der Waals surface area contributed by atoms with Gasteiger partial charge in [0.1, 0.15) is 24.0 Å². The van der Waals surface area contributed by atoms with Crippen LogP contribution in [0.2, 0.25) is 0 Å². The van der Waals surface area contributed by atoms with Crippen molar-refractivity contribution in [1.82, 2.24) is 20.0 Å². The number of ether oxygens (including phenoxy) is 1. The zero-order chi connectivity index (χ0) is 22.9. The summed E-state index contributed by atoms with van der Waals surface area (Å²) in [7, 11) is 1.73. The lowest BCUT2D eigenvalue weighted by molar-refractivity contribution is 0.0733. The topological polar surface area (TPSA) is 59.4 Å². The molecule has 1 fully saturated rings. The monoisotopic (exact) mass is 452 g/mol. The molecule has 2 aliphatic rings. The molecule has 0 saturated heterocycles. The number of rotatable bonds is 8. The normalized spacial score (nSPS) is 14.4. The van der Waals surface area contributed by atoms with Crippen LogP contribution in [0.5, 0.6) is 5.75 Å². The number of halogens is 2. The van der Waals surface area contributed by atoms with Gasteiger partial charge in [-0.25, -0.2) is 8.78 Å². The van der Waals surface area contributed by atoms with Crippen LogP contribution in [0.1, 0.15) is 34.5 Å². The molecule has 1 amide bonds. The van der Waals surface area contributed by atoms with Crippen LogP contribution in [-0.4, -0.2) is 40.2 Å². The smallest absolute Gasteiger partial charge is 0.275 e. The minimum Gasteiger partial charge on any atom is -0.488 e. The van der Waals surface area contributed by atoms with Gasteiger partial charge in [-0.2, -0.15) is 5.10 Å². The Morgan fingerprint density at radius 2 is 2.06 bits per heavy atom. The van der Waals surface area contributed by atoms with E-state index in [1.165, 1.54) is 31.0 Å². The summed E-state index contributed by atoms with van der Waals surface area (Å²) in [5.74, 6) is 0.241. The zero-order valence-electron chi connectivity index (χ0n) is 18.5. The summed E-state index contributed by atoms with van der Waals surface area (Å²) in [6.45, 7) is 2.24. The van der Waals surface area contributed by atoms with Gasteiger partial charge in [-0.3, -0.25) is 9.48 Å². The average Bonchev–Trinajstić information content (AvgIpc) is 3.57. The van der Waals surface area contributed by atoms with E-state index >= 15 is 0 Å². The number of hydrogen-bond donors (Lipinski definition) is 1. The van der Waals surface area contributed by atoms with Gasteiger partial charge in [0.2, 0.25) is 0 Å². The molecule has 0 radical (unpaired) electrons. The van der Waals surface area contributed by atoms with Crippen molar-refractivity contribution >= 4 is 5.91 Å². The molecule has 0 unspecified atom stereocenters. The molecule has 1 aliphatic heterocycles. The lowest BCUT2D eigenvalue weighted by Gasteiger charge is -2.24. The van der Waals surface area contributed by atoms with Crippen molar-refractivity contribution in [3.05, 3.63) is 70.9 Å². The minimum absolute atomic E-state index is 0.133. The van der Waals surface area contributed by atoms with E-state index in [1.54, 1.807) is 40.9 Å². The molecule has 1 N–H and O–H groups in total. The molecule has 6 nitrogen and oxygen atoms in total. The maximum Gasteiger partial charge on any atom is 0.275 e. The molecule has 172 valence electrons. The average molecular weight is 453 g/mol. The summed E-state index contributed by atoms with van der Waals surface area (Å²) >= 11 is 0. The fourth-order valence-electron chi connectivity index (χ4n) is 4.25. The number of nitrogens with one attached hydrogen (secondary N) is 1. The Morgan fingerprint density at radius 1 is 1.24 bits per heavy atom. The summed E-state index contributed by atoms with van der Waals surface area (Å²) in [6.07, 6.45) is 2.49. The number of amides is 1. The SMILES string of the molecule is Cn1nc(C(=O)N(CCNCC2CC2)Cc2ccccc2F)c2c1-c1cc(F)ccc1OC2. The fourth-order valence-corrected chi connectivity index (χ4v) is 4.25. The first kappa shape index (κ1) is 21.6. The predicted molar refractivity (Wildman–Crippen MR) is 120 cm³/mol. The predicted octanol–water partition coefficient (Wildman–Crippen LogP) is 3.90. The summed E-state index contributed by atoms with van der Waals surface area (Å²) in [6, 6.07) is 10.8. The van der Waals surface area contributed by atoms with E-state index in [1.807, 2.05) is 0 Å². The molecular weight excluding hydrogens is 426 g/mol. The van der Waals surface area contributed by atoms with Crippen molar-refractivity contribution in [1.29, 1.82) is 0 Å². The molecule has 0 atom stereocenters. The highest BCUT2D eigenvalue weighted by Gasteiger charge is 2.31. The second-order valence-electron chi connectivity index (χ2n) is 8.69. The number of aromatic nitrogens is 2. The number of aryl methyl sites for hydroxylation is 1. The maximum absolute atomic E-state index is 14.4. The van der Waals surface area contributed by atoms with Crippen LogP contribution >= 0.6 is 0 Å². The Bertz CT molecular complexity index is 1190. The Hall–Kier alpha value is -3.26. The van der Waals surface area contributed by atoms with Crippen LogP contribution in [-0.2, 0) is 20.2 Å². The zero-order valence-corrected chi connectivity index (χ0v) is 18.5. The Labute approximate surface area is 191 Å². The van der Waals surface area contributed by atoms with Gasteiger partial charge in [-0.1, -0.05) is 18.2 Å². The number of hydrogen-bond acceptors (Lipinski definition) is 4. The third-order valence-corrected chi connectivity index (χ3v) is 6.21. The highest BCUT2D eigenvalue weighted by Crippen LogP contribution is 2.39. The van der Waals surface area contributed by atoms with Crippen molar-refractivity contribution < 1.29 is 18.3 Å². The third-order valence-electron chi connectivity index (χ3n) is 6.21. The first-order valence-corrected chi connectivity index (χ1v) is 11.2. The number of benzene rings is 2. The summed E-state index contributed by atoms with van der Waals surface area (Å²) in [5.41, 5.74) is 2.54. The van der Waals surface area contributed by atoms with E-state index in [2.05, 4.69) is 10.4 Å². The number of nitrogens with zero attached hydrogens (tertiary/aromatic N) is 3. The first-order chi connectivity index (χ1) is 16.0. The molecule has 0 spiro atoms. The van der Waals surface area contributed by atoms with E-state index in [0.717, 1.165) is 12.5 Å². The van der Waals surface area contributed by atoms with Crippen LogP contribution in [0, 0.1) is 17.6 Å². The molecule has 8 heteroatoms. The molecule has 5 rings (SSSR count). The van der Waals surface area contributed by atoms with E-state index in [4.69, 9.17) is 4.74 Å². The lowest BCUT2D eigenvalue weighted by Crippen LogP contribution is -2.38. The van der Waals surface area contributed by atoms with Gasteiger partial charge in [-0.15, -0.1) is 0 Å². The van der Waals surface area contributed by atoms with Gasteiger partial charge in [0.25, 0.3) is 5.91 Å². The van der Waals surface area contributed by atoms with E-state index in [-0.39, 0.29) is 36.4 Å². The number of carbonyl (C=O) groups is 1. The molecule has 2 heterocycles. The van der Waals surface area contributed by atoms with Crippen molar-refractivity contribution in [2.45, 2.75) is 26.0 Å². The van der Waals surface area contributed by atoms with E-state index < -0.39 is 0 Å². The second kappa shape index (κ2) is 8.94. The van der Waals surface area contributed by atoms with Gasteiger partial charge in [0.15, 0.2) is 5.69 Å². The van der Waals surface area contributed by atoms with Crippen LogP contribution in [0.15, 0.2) is 42.5 Å². The minimum atomic E-state index is -0.387. The maximum atomic E-state index is 14.4. The van der Waals surface area contributed by atoms with Gasteiger partial charge in [0.05, 0.1) is 5.69 Å². The first-order valence-electron chi connectivity index (χ1n) is 11.2. The highest BCUT2D eigenvalue weighted by atomic mass is 19.1.